The third-order valence-electron chi connectivity index (χ3n) is 5.07. The van der Waals surface area contributed by atoms with Crippen LogP contribution in [-0.2, 0) is 22.4 Å². The Morgan fingerprint density at radius 2 is 2.04 bits per heavy atom. The maximum Gasteiger partial charge on any atom is 0.242 e. The van der Waals surface area contributed by atoms with Gasteiger partial charge in [0.2, 0.25) is 11.8 Å². The highest BCUT2D eigenvalue weighted by atomic mass is 32.2. The van der Waals surface area contributed by atoms with Crippen molar-refractivity contribution in [2.24, 2.45) is 0 Å². The van der Waals surface area contributed by atoms with E-state index in [1.807, 2.05) is 18.2 Å². The van der Waals surface area contributed by atoms with Gasteiger partial charge in [0.1, 0.15) is 6.04 Å². The molecule has 2 heterocycles. The van der Waals surface area contributed by atoms with Crippen molar-refractivity contribution in [3.8, 4) is 5.69 Å². The van der Waals surface area contributed by atoms with E-state index in [-0.39, 0.29) is 17.6 Å². The minimum atomic E-state index is -0.408. The van der Waals surface area contributed by atoms with Gasteiger partial charge in [-0.15, -0.1) is 0 Å². The third-order valence-corrected chi connectivity index (χ3v) is 6.01. The number of hydrogen-bond donors (Lipinski definition) is 2. The van der Waals surface area contributed by atoms with E-state index in [1.165, 1.54) is 30.3 Å². The van der Waals surface area contributed by atoms with Crippen molar-refractivity contribution in [2.75, 3.05) is 12.3 Å². The van der Waals surface area contributed by atoms with Gasteiger partial charge in [0.05, 0.1) is 11.4 Å². The molecule has 1 aromatic carbocycles. The van der Waals surface area contributed by atoms with Gasteiger partial charge in [-0.1, -0.05) is 30.0 Å². The Morgan fingerprint density at radius 1 is 1.22 bits per heavy atom. The second kappa shape index (κ2) is 8.17. The van der Waals surface area contributed by atoms with Crippen LogP contribution in [0, 0.1) is 0 Å². The number of carbonyl (C=O) groups excluding carboxylic acids is 2. The largest absolute Gasteiger partial charge is 0.354 e. The number of benzene rings is 1. The van der Waals surface area contributed by atoms with E-state index >= 15 is 0 Å². The molecule has 0 spiro atoms. The summed E-state index contributed by atoms with van der Waals surface area (Å²) in [6.45, 7) is 0.694. The third kappa shape index (κ3) is 4.03. The van der Waals surface area contributed by atoms with Crippen molar-refractivity contribution < 1.29 is 9.59 Å². The molecule has 2 aliphatic rings. The molecule has 2 aromatic rings. The molecule has 1 aliphatic carbocycles. The Kier molecular flexibility index (Phi) is 5.48. The number of aryl methyl sites for hydroxylation is 1. The summed E-state index contributed by atoms with van der Waals surface area (Å²) in [4.78, 5) is 29.0. The van der Waals surface area contributed by atoms with Gasteiger partial charge < -0.3 is 10.6 Å². The minimum absolute atomic E-state index is 0.0825. The van der Waals surface area contributed by atoms with Gasteiger partial charge in [-0.05, 0) is 50.7 Å². The number of fused-ring (bicyclic) bond motifs is 1. The maximum atomic E-state index is 12.4. The minimum Gasteiger partial charge on any atom is -0.354 e. The number of imidazole rings is 1. The van der Waals surface area contributed by atoms with Gasteiger partial charge in [-0.25, -0.2) is 4.98 Å². The van der Waals surface area contributed by atoms with Crippen molar-refractivity contribution in [3.05, 3.63) is 41.7 Å². The molecule has 4 rings (SSSR count). The second-order valence-corrected chi connectivity index (χ2v) is 7.95. The van der Waals surface area contributed by atoms with E-state index in [0.29, 0.717) is 13.0 Å². The van der Waals surface area contributed by atoms with Crippen LogP contribution in [-0.4, -0.2) is 39.7 Å². The summed E-state index contributed by atoms with van der Waals surface area (Å²) in [7, 11) is 0. The number of rotatable bonds is 5. The summed E-state index contributed by atoms with van der Waals surface area (Å²) >= 11 is 1.44. The van der Waals surface area contributed by atoms with Crippen molar-refractivity contribution in [3.63, 3.8) is 0 Å². The molecule has 1 aliphatic heterocycles. The lowest BCUT2D eigenvalue weighted by Gasteiger charge is -2.22. The van der Waals surface area contributed by atoms with Crippen LogP contribution in [0.25, 0.3) is 5.69 Å². The SMILES string of the molecule is O=C(CSc1nc2c(n1-c1ccccc1)CCCC2)N[C@H]1CCCNC1=O. The number of amides is 2. The first-order valence-corrected chi connectivity index (χ1v) is 10.6. The van der Waals surface area contributed by atoms with Gasteiger partial charge in [0.25, 0.3) is 0 Å². The first kappa shape index (κ1) is 18.1. The smallest absolute Gasteiger partial charge is 0.242 e. The first-order valence-electron chi connectivity index (χ1n) is 9.58. The number of carbonyl (C=O) groups is 2. The molecule has 2 amide bonds. The molecule has 0 unspecified atom stereocenters. The van der Waals surface area contributed by atoms with Crippen LogP contribution in [0.15, 0.2) is 35.5 Å². The zero-order valence-electron chi connectivity index (χ0n) is 15.2. The predicted molar refractivity (Wildman–Crippen MR) is 105 cm³/mol. The highest BCUT2D eigenvalue weighted by Crippen LogP contribution is 2.30. The van der Waals surface area contributed by atoms with E-state index in [1.54, 1.807) is 0 Å². The van der Waals surface area contributed by atoms with E-state index in [9.17, 15) is 9.59 Å². The maximum absolute atomic E-state index is 12.4. The molecule has 1 fully saturated rings. The van der Waals surface area contributed by atoms with E-state index in [2.05, 4.69) is 27.3 Å². The second-order valence-electron chi connectivity index (χ2n) is 7.01. The molecule has 0 radical (unpaired) electrons. The average molecular weight is 385 g/mol. The van der Waals surface area contributed by atoms with Crippen LogP contribution < -0.4 is 10.6 Å². The van der Waals surface area contributed by atoms with Gasteiger partial charge in [-0.3, -0.25) is 14.2 Å². The number of para-hydroxylation sites is 1. The fourth-order valence-corrected chi connectivity index (χ4v) is 4.59. The number of thioether (sulfide) groups is 1. The molecule has 6 nitrogen and oxygen atoms in total. The highest BCUT2D eigenvalue weighted by Gasteiger charge is 2.25. The number of nitrogens with one attached hydrogen (secondary N) is 2. The van der Waals surface area contributed by atoms with Crippen LogP contribution in [0.1, 0.15) is 37.1 Å². The Labute approximate surface area is 163 Å². The Morgan fingerprint density at radius 3 is 2.85 bits per heavy atom. The van der Waals surface area contributed by atoms with E-state index < -0.39 is 6.04 Å². The topological polar surface area (TPSA) is 76.0 Å². The highest BCUT2D eigenvalue weighted by molar-refractivity contribution is 7.99. The van der Waals surface area contributed by atoms with Gasteiger partial charge in [0.15, 0.2) is 5.16 Å². The lowest BCUT2D eigenvalue weighted by Crippen LogP contribution is -2.50. The van der Waals surface area contributed by atoms with Crippen molar-refractivity contribution >= 4 is 23.6 Å². The van der Waals surface area contributed by atoms with Crippen LogP contribution in [0.5, 0.6) is 0 Å². The summed E-state index contributed by atoms with van der Waals surface area (Å²) in [5, 5.41) is 6.51. The fourth-order valence-electron chi connectivity index (χ4n) is 3.73. The zero-order valence-corrected chi connectivity index (χ0v) is 16.1. The Balaban J connectivity index is 1.49. The molecule has 2 N–H and O–H groups in total. The van der Waals surface area contributed by atoms with E-state index in [4.69, 9.17) is 4.98 Å². The molecular formula is C20H24N4O2S. The lowest BCUT2D eigenvalue weighted by molar-refractivity contribution is -0.129. The summed E-state index contributed by atoms with van der Waals surface area (Å²) in [5.74, 6) is 0.0513. The monoisotopic (exact) mass is 384 g/mol. The van der Waals surface area contributed by atoms with E-state index in [0.717, 1.165) is 35.8 Å². The normalized spacial score (nSPS) is 19.3. The number of piperidine rings is 1. The van der Waals surface area contributed by atoms with Gasteiger partial charge >= 0.3 is 0 Å². The standard InChI is InChI=1S/C20H24N4O2S/c25-18(22-16-10-6-12-21-19(16)26)13-27-20-23-15-9-4-5-11-17(15)24(20)14-7-2-1-3-8-14/h1-3,7-8,16H,4-6,9-13H2,(H,21,26)(H,22,25)/t16-/m0/s1. The summed E-state index contributed by atoms with van der Waals surface area (Å²) in [5.41, 5.74) is 3.50. The fraction of sp³-hybridized carbons (Fsp3) is 0.450. The molecular weight excluding hydrogens is 360 g/mol. The summed E-state index contributed by atoms with van der Waals surface area (Å²) in [6, 6.07) is 9.79. The number of nitrogens with zero attached hydrogens (tertiary/aromatic N) is 2. The van der Waals surface area contributed by atoms with Crippen LogP contribution in [0.4, 0.5) is 0 Å². The van der Waals surface area contributed by atoms with Crippen molar-refractivity contribution in [1.29, 1.82) is 0 Å². The summed E-state index contributed by atoms with van der Waals surface area (Å²) in [6.07, 6.45) is 5.96. The molecule has 1 saturated heterocycles. The molecule has 7 heteroatoms. The number of hydrogen-bond acceptors (Lipinski definition) is 4. The Bertz CT molecular complexity index is 834. The quantitative estimate of drug-likeness (QED) is 0.775. The first-order chi connectivity index (χ1) is 13.2. The van der Waals surface area contributed by atoms with Crippen LogP contribution in [0.2, 0.25) is 0 Å². The lowest BCUT2D eigenvalue weighted by atomic mass is 10.0. The summed E-state index contributed by atoms with van der Waals surface area (Å²) < 4.78 is 2.19. The molecule has 1 atom stereocenters. The number of aromatic nitrogens is 2. The molecule has 0 bridgehead atoms. The predicted octanol–water partition coefficient (Wildman–Crippen LogP) is 2.24. The Hall–Kier alpha value is -2.28. The molecule has 27 heavy (non-hydrogen) atoms. The van der Waals surface area contributed by atoms with Crippen molar-refractivity contribution in [1.82, 2.24) is 20.2 Å². The van der Waals surface area contributed by atoms with Crippen LogP contribution >= 0.6 is 11.8 Å². The molecule has 142 valence electrons. The average Bonchev–Trinajstić information content (AvgIpc) is 3.07. The van der Waals surface area contributed by atoms with Crippen molar-refractivity contribution in [2.45, 2.75) is 49.7 Å². The zero-order chi connectivity index (χ0) is 18.6. The van der Waals surface area contributed by atoms with Crippen LogP contribution in [0.3, 0.4) is 0 Å². The van der Waals surface area contributed by atoms with Gasteiger partial charge in [0, 0.05) is 17.9 Å². The van der Waals surface area contributed by atoms with Gasteiger partial charge in [-0.2, -0.15) is 0 Å². The molecule has 1 aromatic heterocycles. The molecule has 0 saturated carbocycles.